The van der Waals surface area contributed by atoms with Gasteiger partial charge in [0.15, 0.2) is 0 Å². The topological polar surface area (TPSA) is 61.4 Å². The number of anilines is 1. The minimum Gasteiger partial charge on any atom is -0.362 e. The fourth-order valence-corrected chi connectivity index (χ4v) is 6.36. The maximum absolute atomic E-state index is 13.5. The first-order chi connectivity index (χ1) is 14.6. The van der Waals surface area contributed by atoms with Gasteiger partial charge in [0, 0.05) is 30.6 Å². The number of amides is 2. The maximum Gasteiger partial charge on any atom is 0.255 e. The second-order valence-electron chi connectivity index (χ2n) is 9.46. The molecule has 2 aromatic carbocycles. The van der Waals surface area contributed by atoms with Gasteiger partial charge in [-0.2, -0.15) is 0 Å². The molecule has 2 aromatic rings. The van der Waals surface area contributed by atoms with E-state index in [9.17, 15) is 9.59 Å². The Morgan fingerprint density at radius 2 is 1.80 bits per heavy atom. The average Bonchev–Trinajstić information content (AvgIpc) is 2.78. The van der Waals surface area contributed by atoms with E-state index in [0.717, 1.165) is 50.9 Å². The standard InChI is InChI=1S/C25H27N3O2/c29-23-20-7-3-4-8-22(20)26-25(27-23)14-17-9-10-19(25)13-21(17)24(30)28-12-11-16-5-1-2-6-18(16)15-28/h1-8,17,19,21,26H,9-15H2,(H,27,29)/t17-,19-,21+,25-/m1/s1. The van der Waals surface area contributed by atoms with E-state index in [1.54, 1.807) is 0 Å². The van der Waals surface area contributed by atoms with Gasteiger partial charge in [0.05, 0.1) is 5.56 Å². The molecule has 154 valence electrons. The van der Waals surface area contributed by atoms with Crippen LogP contribution in [0.15, 0.2) is 48.5 Å². The maximum atomic E-state index is 13.5. The molecule has 4 atom stereocenters. The molecule has 1 spiro atoms. The van der Waals surface area contributed by atoms with Crippen LogP contribution in [-0.4, -0.2) is 28.9 Å². The molecule has 0 unspecified atom stereocenters. The molecular weight excluding hydrogens is 374 g/mol. The third-order valence-corrected chi connectivity index (χ3v) is 7.90. The van der Waals surface area contributed by atoms with Gasteiger partial charge in [0.1, 0.15) is 5.66 Å². The highest BCUT2D eigenvalue weighted by Crippen LogP contribution is 2.52. The number of hydrogen-bond donors (Lipinski definition) is 2. The van der Waals surface area contributed by atoms with Crippen LogP contribution in [-0.2, 0) is 17.8 Å². The summed E-state index contributed by atoms with van der Waals surface area (Å²) in [6, 6.07) is 16.2. The first-order valence-electron chi connectivity index (χ1n) is 11.2. The predicted molar refractivity (Wildman–Crippen MR) is 115 cm³/mol. The zero-order valence-corrected chi connectivity index (χ0v) is 17.1. The summed E-state index contributed by atoms with van der Waals surface area (Å²) in [4.78, 5) is 28.4. The van der Waals surface area contributed by atoms with Gasteiger partial charge in [-0.25, -0.2) is 0 Å². The number of carbonyl (C=O) groups excluding carboxylic acids is 2. The van der Waals surface area contributed by atoms with Crippen molar-refractivity contribution in [2.45, 2.75) is 44.3 Å². The Labute approximate surface area is 176 Å². The summed E-state index contributed by atoms with van der Waals surface area (Å²) >= 11 is 0. The minimum atomic E-state index is -0.403. The molecule has 2 bridgehead atoms. The number of para-hydroxylation sites is 1. The van der Waals surface area contributed by atoms with E-state index in [0.29, 0.717) is 17.4 Å². The lowest BCUT2D eigenvalue weighted by molar-refractivity contribution is -0.144. The van der Waals surface area contributed by atoms with Crippen molar-refractivity contribution in [2.75, 3.05) is 11.9 Å². The number of rotatable bonds is 1. The molecule has 5 heteroatoms. The van der Waals surface area contributed by atoms with E-state index in [1.165, 1.54) is 11.1 Å². The average molecular weight is 402 g/mol. The van der Waals surface area contributed by atoms with Gasteiger partial charge in [-0.15, -0.1) is 0 Å². The molecular formula is C25H27N3O2. The van der Waals surface area contributed by atoms with Gasteiger partial charge in [-0.1, -0.05) is 36.4 Å². The largest absolute Gasteiger partial charge is 0.362 e. The summed E-state index contributed by atoms with van der Waals surface area (Å²) in [6.07, 6.45) is 4.77. The Morgan fingerprint density at radius 1 is 1.00 bits per heavy atom. The van der Waals surface area contributed by atoms with Crippen LogP contribution in [0.3, 0.4) is 0 Å². The van der Waals surface area contributed by atoms with Crippen molar-refractivity contribution >= 4 is 17.5 Å². The first-order valence-corrected chi connectivity index (χ1v) is 11.2. The molecule has 5 aliphatic rings. The molecule has 7 rings (SSSR count). The SMILES string of the molecule is O=C1N[C@@]2(C[C@H]3CC[C@@H]2C[C@@H]3C(=O)N2CCc3ccccc3C2)Nc2ccccc21. The van der Waals surface area contributed by atoms with Gasteiger partial charge in [-0.3, -0.25) is 9.59 Å². The Morgan fingerprint density at radius 3 is 2.63 bits per heavy atom. The molecule has 0 radical (unpaired) electrons. The van der Waals surface area contributed by atoms with E-state index in [1.807, 2.05) is 24.3 Å². The van der Waals surface area contributed by atoms with Crippen LogP contribution < -0.4 is 10.6 Å². The minimum absolute atomic E-state index is 0.00686. The van der Waals surface area contributed by atoms with Crippen LogP contribution in [0.5, 0.6) is 0 Å². The highest BCUT2D eigenvalue weighted by molar-refractivity contribution is 6.02. The second kappa shape index (κ2) is 6.59. The summed E-state index contributed by atoms with van der Waals surface area (Å²) in [7, 11) is 0. The fourth-order valence-electron chi connectivity index (χ4n) is 6.36. The van der Waals surface area contributed by atoms with E-state index in [2.05, 4.69) is 39.8 Å². The lowest BCUT2D eigenvalue weighted by atomic mass is 9.58. The molecule has 30 heavy (non-hydrogen) atoms. The first kappa shape index (κ1) is 18.0. The molecule has 5 nitrogen and oxygen atoms in total. The Bertz CT molecular complexity index is 1030. The van der Waals surface area contributed by atoms with E-state index in [-0.39, 0.29) is 17.7 Å². The number of carbonyl (C=O) groups is 2. The van der Waals surface area contributed by atoms with Gasteiger partial charge in [0.2, 0.25) is 5.91 Å². The van der Waals surface area contributed by atoms with Crippen molar-refractivity contribution < 1.29 is 9.59 Å². The summed E-state index contributed by atoms with van der Waals surface area (Å²) in [5, 5.41) is 6.97. The Balaban J connectivity index is 1.22. The molecule has 3 fully saturated rings. The number of hydrogen-bond acceptors (Lipinski definition) is 3. The monoisotopic (exact) mass is 401 g/mol. The zero-order valence-electron chi connectivity index (χ0n) is 17.1. The normalized spacial score (nSPS) is 31.5. The van der Waals surface area contributed by atoms with Gasteiger partial charge < -0.3 is 15.5 Å². The fraction of sp³-hybridized carbons (Fsp3) is 0.440. The van der Waals surface area contributed by atoms with Crippen molar-refractivity contribution in [3.8, 4) is 0 Å². The molecule has 0 saturated heterocycles. The zero-order chi connectivity index (χ0) is 20.3. The van der Waals surface area contributed by atoms with Crippen molar-refractivity contribution in [1.82, 2.24) is 10.2 Å². The van der Waals surface area contributed by atoms with Gasteiger partial charge >= 0.3 is 0 Å². The van der Waals surface area contributed by atoms with Crippen molar-refractivity contribution in [2.24, 2.45) is 17.8 Å². The van der Waals surface area contributed by atoms with Crippen LogP contribution in [0, 0.1) is 17.8 Å². The van der Waals surface area contributed by atoms with Crippen LogP contribution >= 0.6 is 0 Å². The lowest BCUT2D eigenvalue weighted by Gasteiger charge is -2.56. The van der Waals surface area contributed by atoms with Crippen molar-refractivity contribution in [1.29, 1.82) is 0 Å². The molecule has 0 aromatic heterocycles. The van der Waals surface area contributed by atoms with E-state index < -0.39 is 5.66 Å². The van der Waals surface area contributed by atoms with Crippen LogP contribution in [0.25, 0.3) is 0 Å². The van der Waals surface area contributed by atoms with Crippen LogP contribution in [0.1, 0.15) is 47.2 Å². The molecule has 3 saturated carbocycles. The molecule has 2 heterocycles. The Hall–Kier alpha value is -2.82. The summed E-state index contributed by atoms with van der Waals surface area (Å²) in [5.74, 6) is 1.00. The molecule has 2 amide bonds. The summed E-state index contributed by atoms with van der Waals surface area (Å²) < 4.78 is 0. The van der Waals surface area contributed by atoms with E-state index in [4.69, 9.17) is 0 Å². The smallest absolute Gasteiger partial charge is 0.255 e. The van der Waals surface area contributed by atoms with Crippen molar-refractivity contribution in [3.63, 3.8) is 0 Å². The van der Waals surface area contributed by atoms with Gasteiger partial charge in [0.25, 0.3) is 5.91 Å². The predicted octanol–water partition coefficient (Wildman–Crippen LogP) is 3.56. The highest BCUT2D eigenvalue weighted by atomic mass is 16.2. The van der Waals surface area contributed by atoms with Crippen LogP contribution in [0.4, 0.5) is 5.69 Å². The summed E-state index contributed by atoms with van der Waals surface area (Å²) in [6.45, 7) is 1.55. The summed E-state index contributed by atoms with van der Waals surface area (Å²) in [5.41, 5.74) is 3.89. The third-order valence-electron chi connectivity index (χ3n) is 7.90. The lowest BCUT2D eigenvalue weighted by Crippen LogP contribution is -2.68. The quantitative estimate of drug-likeness (QED) is 0.768. The number of nitrogens with one attached hydrogen (secondary N) is 2. The highest BCUT2D eigenvalue weighted by Gasteiger charge is 2.55. The molecule has 2 aliphatic heterocycles. The van der Waals surface area contributed by atoms with Crippen molar-refractivity contribution in [3.05, 3.63) is 65.2 Å². The van der Waals surface area contributed by atoms with E-state index >= 15 is 0 Å². The number of nitrogens with zero attached hydrogens (tertiary/aromatic N) is 1. The van der Waals surface area contributed by atoms with Crippen LogP contribution in [0.2, 0.25) is 0 Å². The molecule has 2 N–H and O–H groups in total. The number of benzene rings is 2. The Kier molecular flexibility index (Phi) is 3.95. The second-order valence-corrected chi connectivity index (χ2v) is 9.46. The molecule has 3 aliphatic carbocycles. The third kappa shape index (κ3) is 2.68. The van der Waals surface area contributed by atoms with Gasteiger partial charge in [-0.05, 0) is 61.3 Å². The number of fused-ring (bicyclic) bond motifs is 4.